The van der Waals surface area contributed by atoms with Gasteiger partial charge in [0.25, 0.3) is 0 Å². The average molecular weight is 334 g/mol. The van der Waals surface area contributed by atoms with E-state index in [-0.39, 0.29) is 6.61 Å². The molecule has 0 bridgehead atoms. The molecule has 0 saturated heterocycles. The second-order valence-electron chi connectivity index (χ2n) is 5.84. The van der Waals surface area contributed by atoms with Gasteiger partial charge in [-0.3, -0.25) is 0 Å². The largest absolute Gasteiger partial charge is 0.452 e. The summed E-state index contributed by atoms with van der Waals surface area (Å²) in [5, 5.41) is 13.3. The zero-order valence-corrected chi connectivity index (χ0v) is 13.5. The van der Waals surface area contributed by atoms with Gasteiger partial charge in [-0.1, -0.05) is 11.6 Å². The van der Waals surface area contributed by atoms with E-state index in [0.29, 0.717) is 34.3 Å². The second kappa shape index (κ2) is 7.62. The van der Waals surface area contributed by atoms with E-state index < -0.39 is 0 Å². The molecule has 0 radical (unpaired) electrons. The standard InChI is InChI=1S/C17H20ClN3O2/c18-13-3-7-15(8-4-13)23-16-9-19-11-20-17(16)21-14-5-1-12(10-22)2-6-14/h3-4,7-9,11-12,14,22H,1-2,5-6,10H2,(H,19,20,21)/t12-,14-. The first-order chi connectivity index (χ1) is 11.2. The Balaban J connectivity index is 1.67. The summed E-state index contributed by atoms with van der Waals surface area (Å²) < 4.78 is 5.86. The lowest BCUT2D eigenvalue weighted by Crippen LogP contribution is -2.27. The van der Waals surface area contributed by atoms with Gasteiger partial charge in [0.2, 0.25) is 0 Å². The number of halogens is 1. The van der Waals surface area contributed by atoms with Crippen molar-refractivity contribution in [2.75, 3.05) is 11.9 Å². The maximum absolute atomic E-state index is 9.22. The number of nitrogens with one attached hydrogen (secondary N) is 1. The van der Waals surface area contributed by atoms with Crippen molar-refractivity contribution in [1.82, 2.24) is 9.97 Å². The Morgan fingerprint density at radius 2 is 1.91 bits per heavy atom. The number of benzene rings is 1. The third kappa shape index (κ3) is 4.33. The summed E-state index contributed by atoms with van der Waals surface area (Å²) >= 11 is 5.89. The van der Waals surface area contributed by atoms with Gasteiger partial charge in [0, 0.05) is 17.7 Å². The Bertz CT molecular complexity index is 628. The number of ether oxygens (including phenoxy) is 1. The fourth-order valence-corrected chi connectivity index (χ4v) is 2.94. The van der Waals surface area contributed by atoms with Gasteiger partial charge in [-0.05, 0) is 55.9 Å². The summed E-state index contributed by atoms with van der Waals surface area (Å²) in [6, 6.07) is 7.53. The number of hydrogen-bond acceptors (Lipinski definition) is 5. The Kier molecular flexibility index (Phi) is 5.31. The van der Waals surface area contributed by atoms with Gasteiger partial charge in [0.1, 0.15) is 12.1 Å². The van der Waals surface area contributed by atoms with Gasteiger partial charge in [-0.25, -0.2) is 9.97 Å². The molecule has 1 fully saturated rings. The molecular formula is C17H20ClN3O2. The highest BCUT2D eigenvalue weighted by Crippen LogP contribution is 2.31. The van der Waals surface area contributed by atoms with E-state index in [1.807, 2.05) is 12.1 Å². The van der Waals surface area contributed by atoms with E-state index in [1.165, 1.54) is 6.33 Å². The zero-order chi connectivity index (χ0) is 16.1. The van der Waals surface area contributed by atoms with Crippen LogP contribution in [0.2, 0.25) is 5.02 Å². The molecule has 1 heterocycles. The van der Waals surface area contributed by atoms with Crippen molar-refractivity contribution in [2.45, 2.75) is 31.7 Å². The van der Waals surface area contributed by atoms with Crippen LogP contribution < -0.4 is 10.1 Å². The van der Waals surface area contributed by atoms with Crippen LogP contribution in [-0.4, -0.2) is 27.7 Å². The molecule has 0 aliphatic heterocycles. The average Bonchev–Trinajstić information content (AvgIpc) is 2.59. The highest BCUT2D eigenvalue weighted by molar-refractivity contribution is 6.30. The first-order valence-electron chi connectivity index (χ1n) is 7.85. The number of nitrogens with zero attached hydrogens (tertiary/aromatic N) is 2. The smallest absolute Gasteiger partial charge is 0.187 e. The molecule has 1 saturated carbocycles. The second-order valence-corrected chi connectivity index (χ2v) is 6.27. The summed E-state index contributed by atoms with van der Waals surface area (Å²) in [6.45, 7) is 0.283. The first kappa shape index (κ1) is 16.0. The third-order valence-corrected chi connectivity index (χ3v) is 4.42. The van der Waals surface area contributed by atoms with E-state index in [2.05, 4.69) is 15.3 Å². The molecule has 3 rings (SSSR count). The molecule has 23 heavy (non-hydrogen) atoms. The van der Waals surface area contributed by atoms with Gasteiger partial charge in [-0.2, -0.15) is 0 Å². The molecule has 0 amide bonds. The predicted octanol–water partition coefficient (Wildman–Crippen LogP) is 3.89. The zero-order valence-electron chi connectivity index (χ0n) is 12.8. The van der Waals surface area contributed by atoms with E-state index in [0.717, 1.165) is 25.7 Å². The Morgan fingerprint density at radius 3 is 2.61 bits per heavy atom. The summed E-state index contributed by atoms with van der Waals surface area (Å²) in [5.41, 5.74) is 0. The number of anilines is 1. The van der Waals surface area contributed by atoms with Crippen LogP contribution in [-0.2, 0) is 0 Å². The molecule has 0 spiro atoms. The van der Waals surface area contributed by atoms with Crippen molar-refractivity contribution in [3.63, 3.8) is 0 Å². The van der Waals surface area contributed by atoms with Crippen LogP contribution in [0, 0.1) is 5.92 Å². The normalized spacial score (nSPS) is 21.0. The van der Waals surface area contributed by atoms with E-state index in [1.54, 1.807) is 18.3 Å². The summed E-state index contributed by atoms with van der Waals surface area (Å²) in [5.74, 6) is 2.42. The van der Waals surface area contributed by atoms with Crippen molar-refractivity contribution in [1.29, 1.82) is 0 Å². The third-order valence-electron chi connectivity index (χ3n) is 4.17. The topological polar surface area (TPSA) is 67.3 Å². The van der Waals surface area contributed by atoms with E-state index in [4.69, 9.17) is 16.3 Å². The molecule has 1 aromatic carbocycles. The molecule has 0 unspecified atom stereocenters. The number of aliphatic hydroxyl groups is 1. The van der Waals surface area contributed by atoms with Crippen molar-refractivity contribution in [3.8, 4) is 11.5 Å². The molecule has 0 atom stereocenters. The van der Waals surface area contributed by atoms with Gasteiger partial charge in [-0.15, -0.1) is 0 Å². The van der Waals surface area contributed by atoms with Crippen molar-refractivity contribution >= 4 is 17.4 Å². The van der Waals surface area contributed by atoms with Crippen LogP contribution >= 0.6 is 11.6 Å². The monoisotopic (exact) mass is 333 g/mol. The van der Waals surface area contributed by atoms with Crippen LogP contribution in [0.3, 0.4) is 0 Å². The molecule has 1 aromatic heterocycles. The number of aromatic nitrogens is 2. The highest BCUT2D eigenvalue weighted by Gasteiger charge is 2.21. The maximum atomic E-state index is 9.22. The summed E-state index contributed by atoms with van der Waals surface area (Å²) in [7, 11) is 0. The fourth-order valence-electron chi connectivity index (χ4n) is 2.81. The van der Waals surface area contributed by atoms with Crippen LogP contribution in [0.15, 0.2) is 36.8 Å². The van der Waals surface area contributed by atoms with Crippen LogP contribution in [0.5, 0.6) is 11.5 Å². The first-order valence-corrected chi connectivity index (χ1v) is 8.23. The maximum Gasteiger partial charge on any atom is 0.187 e. The van der Waals surface area contributed by atoms with Gasteiger partial charge < -0.3 is 15.2 Å². The molecular weight excluding hydrogens is 314 g/mol. The lowest BCUT2D eigenvalue weighted by Gasteiger charge is -2.28. The van der Waals surface area contributed by atoms with Gasteiger partial charge in [0.15, 0.2) is 11.6 Å². The molecule has 1 aliphatic carbocycles. The lowest BCUT2D eigenvalue weighted by molar-refractivity contribution is 0.185. The minimum atomic E-state index is 0.283. The van der Waals surface area contributed by atoms with Crippen molar-refractivity contribution < 1.29 is 9.84 Å². The number of rotatable bonds is 5. The lowest BCUT2D eigenvalue weighted by atomic mass is 9.86. The molecule has 2 aromatic rings. The minimum absolute atomic E-state index is 0.283. The predicted molar refractivity (Wildman–Crippen MR) is 90.0 cm³/mol. The molecule has 6 heteroatoms. The number of aliphatic hydroxyl groups excluding tert-OH is 1. The molecule has 122 valence electrons. The quantitative estimate of drug-likeness (QED) is 0.869. The Labute approximate surface area is 140 Å². The van der Waals surface area contributed by atoms with Crippen LogP contribution in [0.4, 0.5) is 5.82 Å². The SMILES string of the molecule is OC[C@H]1CC[C@H](Nc2ncncc2Oc2ccc(Cl)cc2)CC1. The Hall–Kier alpha value is -1.85. The fraction of sp³-hybridized carbons (Fsp3) is 0.412. The molecule has 1 aliphatic rings. The molecule has 2 N–H and O–H groups in total. The Morgan fingerprint density at radius 1 is 1.17 bits per heavy atom. The van der Waals surface area contributed by atoms with Crippen molar-refractivity contribution in [3.05, 3.63) is 41.8 Å². The van der Waals surface area contributed by atoms with Crippen molar-refractivity contribution in [2.24, 2.45) is 5.92 Å². The van der Waals surface area contributed by atoms with E-state index in [9.17, 15) is 5.11 Å². The summed E-state index contributed by atoms with van der Waals surface area (Å²) in [6.07, 6.45) is 7.28. The highest BCUT2D eigenvalue weighted by atomic mass is 35.5. The van der Waals surface area contributed by atoms with Gasteiger partial charge in [0.05, 0.1) is 6.20 Å². The summed E-state index contributed by atoms with van der Waals surface area (Å²) in [4.78, 5) is 8.35. The van der Waals surface area contributed by atoms with Crippen LogP contribution in [0.1, 0.15) is 25.7 Å². The van der Waals surface area contributed by atoms with Crippen LogP contribution in [0.25, 0.3) is 0 Å². The number of hydrogen-bond donors (Lipinski definition) is 2. The van der Waals surface area contributed by atoms with E-state index >= 15 is 0 Å². The minimum Gasteiger partial charge on any atom is -0.452 e. The molecule has 5 nitrogen and oxygen atoms in total. The van der Waals surface area contributed by atoms with Gasteiger partial charge >= 0.3 is 0 Å².